The lowest BCUT2D eigenvalue weighted by atomic mass is 10.3. The molecule has 1 unspecified atom stereocenters. The second-order valence-electron chi connectivity index (χ2n) is 3.52. The van der Waals surface area contributed by atoms with Crippen LogP contribution in [0.2, 0.25) is 0 Å². The van der Waals surface area contributed by atoms with Gasteiger partial charge >= 0.3 is 12.1 Å². The number of likely N-dealkylation sites (N-methyl/N-ethyl adjacent to an activating group) is 1. The molecule has 0 aromatic rings. The van der Waals surface area contributed by atoms with Gasteiger partial charge in [0.2, 0.25) is 0 Å². The van der Waals surface area contributed by atoms with E-state index in [0.717, 1.165) is 0 Å². The maximum Gasteiger partial charge on any atom is 0.411 e. The van der Waals surface area contributed by atoms with Gasteiger partial charge in [0, 0.05) is 13.2 Å². The van der Waals surface area contributed by atoms with Gasteiger partial charge in [-0.2, -0.15) is 13.2 Å². The van der Waals surface area contributed by atoms with E-state index >= 15 is 0 Å². The van der Waals surface area contributed by atoms with Crippen molar-refractivity contribution in [1.82, 2.24) is 4.90 Å². The quantitative estimate of drug-likeness (QED) is 0.722. The fourth-order valence-electron chi connectivity index (χ4n) is 0.986. The molecule has 17 heavy (non-hydrogen) atoms. The van der Waals surface area contributed by atoms with Crippen molar-refractivity contribution in [2.24, 2.45) is 0 Å². The second-order valence-corrected chi connectivity index (χ2v) is 3.52. The highest BCUT2D eigenvalue weighted by atomic mass is 35.5. The summed E-state index contributed by atoms with van der Waals surface area (Å²) in [6, 6.07) is -0.650. The van der Waals surface area contributed by atoms with Crippen LogP contribution in [0.5, 0.6) is 0 Å². The summed E-state index contributed by atoms with van der Waals surface area (Å²) in [7, 11) is 1.60. The van der Waals surface area contributed by atoms with Crippen LogP contribution < -0.4 is 0 Å². The van der Waals surface area contributed by atoms with Gasteiger partial charge in [0.15, 0.2) is 0 Å². The highest BCUT2D eigenvalue weighted by Gasteiger charge is 2.27. The van der Waals surface area contributed by atoms with Crippen LogP contribution in [-0.2, 0) is 9.53 Å². The summed E-state index contributed by atoms with van der Waals surface area (Å²) in [6.45, 7) is 0.603. The molecule has 0 amide bonds. The van der Waals surface area contributed by atoms with Crippen molar-refractivity contribution in [2.45, 2.75) is 25.6 Å². The molecule has 1 atom stereocenters. The molecule has 0 radical (unpaired) electrons. The molecule has 0 aromatic heterocycles. The van der Waals surface area contributed by atoms with Crippen molar-refractivity contribution >= 4 is 18.4 Å². The summed E-state index contributed by atoms with van der Waals surface area (Å²) in [4.78, 5) is 12.1. The van der Waals surface area contributed by atoms with Crippen molar-refractivity contribution in [3.8, 4) is 0 Å². The predicted molar refractivity (Wildman–Crippen MR) is 58.5 cm³/mol. The molecule has 0 saturated heterocycles. The van der Waals surface area contributed by atoms with Gasteiger partial charge in [-0.25, -0.2) is 0 Å². The van der Waals surface area contributed by atoms with E-state index in [-0.39, 0.29) is 19.0 Å². The van der Waals surface area contributed by atoms with Gasteiger partial charge in [0.1, 0.15) is 12.6 Å². The topological polar surface area (TPSA) is 49.8 Å². The van der Waals surface area contributed by atoms with Crippen molar-refractivity contribution < 1.29 is 27.8 Å². The lowest BCUT2D eigenvalue weighted by Crippen LogP contribution is -2.36. The molecule has 1 N–H and O–H groups in total. The number of nitrogens with zero attached hydrogens (tertiary/aromatic N) is 1. The first-order valence-corrected chi connectivity index (χ1v) is 4.81. The highest BCUT2D eigenvalue weighted by molar-refractivity contribution is 5.85. The largest absolute Gasteiger partial charge is 0.480 e. The molecule has 0 spiro atoms. The third-order valence-electron chi connectivity index (χ3n) is 2.08. The number of alkyl halides is 3. The van der Waals surface area contributed by atoms with E-state index in [1.54, 1.807) is 11.9 Å². The normalized spacial score (nSPS) is 13.3. The second kappa shape index (κ2) is 8.54. The standard InChI is InChI=1S/C9H16F3NO3.ClH/c1-7(8(14)15)13(2)4-3-5-16-6-9(10,11)12;/h7H,3-6H2,1-2H3,(H,14,15);1H. The Labute approximate surface area is 104 Å². The van der Waals surface area contributed by atoms with Crippen LogP contribution >= 0.6 is 12.4 Å². The Morgan fingerprint density at radius 2 is 2.00 bits per heavy atom. The Kier molecular flexibility index (Phi) is 9.46. The molecular formula is C9H17ClF3NO3. The molecule has 0 heterocycles. The predicted octanol–water partition coefficient (Wildman–Crippen LogP) is 1.78. The van der Waals surface area contributed by atoms with E-state index < -0.39 is 24.8 Å². The zero-order valence-electron chi connectivity index (χ0n) is 9.66. The van der Waals surface area contributed by atoms with E-state index in [1.165, 1.54) is 6.92 Å². The minimum atomic E-state index is -4.31. The molecule has 104 valence electrons. The molecule has 0 aliphatic rings. The van der Waals surface area contributed by atoms with E-state index in [0.29, 0.717) is 13.0 Å². The smallest absolute Gasteiger partial charge is 0.411 e. The SMILES string of the molecule is CC(C(=O)O)N(C)CCCOCC(F)(F)F.Cl. The molecule has 0 rings (SSSR count). The lowest BCUT2D eigenvalue weighted by Gasteiger charge is -2.20. The summed E-state index contributed by atoms with van der Waals surface area (Å²) in [5.74, 6) is -0.960. The lowest BCUT2D eigenvalue weighted by molar-refractivity contribution is -0.174. The molecule has 8 heteroatoms. The van der Waals surface area contributed by atoms with Gasteiger partial charge in [-0.15, -0.1) is 12.4 Å². The van der Waals surface area contributed by atoms with Crippen LogP contribution in [0.1, 0.15) is 13.3 Å². The summed E-state index contributed by atoms with van der Waals surface area (Å²) in [5.41, 5.74) is 0. The van der Waals surface area contributed by atoms with Gasteiger partial charge in [0.25, 0.3) is 0 Å². The van der Waals surface area contributed by atoms with Gasteiger partial charge in [0.05, 0.1) is 0 Å². The van der Waals surface area contributed by atoms with Crippen LogP contribution in [0.4, 0.5) is 13.2 Å². The van der Waals surface area contributed by atoms with Crippen LogP contribution in [0.25, 0.3) is 0 Å². The number of halogens is 4. The molecule has 0 aromatic carbocycles. The zero-order valence-corrected chi connectivity index (χ0v) is 10.5. The number of carboxylic acid groups (broad SMARTS) is 1. The number of ether oxygens (including phenoxy) is 1. The van der Waals surface area contributed by atoms with Crippen LogP contribution in [0, 0.1) is 0 Å². The van der Waals surface area contributed by atoms with E-state index in [4.69, 9.17) is 5.11 Å². The Hall–Kier alpha value is -0.530. The molecule has 0 fully saturated rings. The van der Waals surface area contributed by atoms with Crippen LogP contribution in [0.15, 0.2) is 0 Å². The number of hydrogen-bond acceptors (Lipinski definition) is 3. The number of carboxylic acids is 1. The minimum absolute atomic E-state index is 0. The fraction of sp³-hybridized carbons (Fsp3) is 0.889. The number of aliphatic carboxylic acids is 1. The molecule has 0 bridgehead atoms. The molecule has 0 aliphatic heterocycles. The van der Waals surface area contributed by atoms with Crippen LogP contribution in [-0.4, -0.2) is 55.0 Å². The molecule has 0 aliphatic carbocycles. The third kappa shape index (κ3) is 10.3. The first-order chi connectivity index (χ1) is 7.24. The van der Waals surface area contributed by atoms with Gasteiger partial charge in [-0.3, -0.25) is 9.69 Å². The average Bonchev–Trinajstić information content (AvgIpc) is 2.13. The Bertz CT molecular complexity index is 226. The average molecular weight is 280 g/mol. The monoisotopic (exact) mass is 279 g/mol. The summed E-state index contributed by atoms with van der Waals surface area (Å²) < 4.78 is 39.4. The molecular weight excluding hydrogens is 263 g/mol. The summed E-state index contributed by atoms with van der Waals surface area (Å²) in [6.07, 6.45) is -3.94. The number of rotatable bonds is 7. The summed E-state index contributed by atoms with van der Waals surface area (Å²) >= 11 is 0. The van der Waals surface area contributed by atoms with Gasteiger partial charge in [-0.05, 0) is 20.4 Å². The number of hydrogen-bond donors (Lipinski definition) is 1. The van der Waals surface area contributed by atoms with Crippen molar-refractivity contribution in [3.63, 3.8) is 0 Å². The van der Waals surface area contributed by atoms with E-state index in [1.807, 2.05) is 0 Å². The van der Waals surface area contributed by atoms with E-state index in [2.05, 4.69) is 4.74 Å². The van der Waals surface area contributed by atoms with Gasteiger partial charge in [-0.1, -0.05) is 0 Å². The van der Waals surface area contributed by atoms with E-state index in [9.17, 15) is 18.0 Å². The maximum absolute atomic E-state index is 11.7. The third-order valence-corrected chi connectivity index (χ3v) is 2.08. The first kappa shape index (κ1) is 18.8. The Morgan fingerprint density at radius 1 is 1.47 bits per heavy atom. The Balaban J connectivity index is 0. The highest BCUT2D eigenvalue weighted by Crippen LogP contribution is 2.14. The molecule has 4 nitrogen and oxygen atoms in total. The fourth-order valence-corrected chi connectivity index (χ4v) is 0.986. The summed E-state index contributed by atoms with van der Waals surface area (Å²) in [5, 5.41) is 8.64. The first-order valence-electron chi connectivity index (χ1n) is 4.81. The molecule has 0 saturated carbocycles. The zero-order chi connectivity index (χ0) is 12.8. The maximum atomic E-state index is 11.7. The van der Waals surface area contributed by atoms with Crippen molar-refractivity contribution in [1.29, 1.82) is 0 Å². The van der Waals surface area contributed by atoms with Crippen molar-refractivity contribution in [3.05, 3.63) is 0 Å². The Morgan fingerprint density at radius 3 is 2.41 bits per heavy atom. The van der Waals surface area contributed by atoms with Crippen molar-refractivity contribution in [2.75, 3.05) is 26.8 Å². The minimum Gasteiger partial charge on any atom is -0.480 e. The van der Waals surface area contributed by atoms with Gasteiger partial charge < -0.3 is 9.84 Å². The number of carbonyl (C=O) groups is 1. The van der Waals surface area contributed by atoms with Crippen LogP contribution in [0.3, 0.4) is 0 Å².